The van der Waals surface area contributed by atoms with Crippen LogP contribution in [0.15, 0.2) is 29.8 Å². The number of amides is 1. The van der Waals surface area contributed by atoms with Crippen molar-refractivity contribution in [3.05, 3.63) is 37.8 Å². The number of rotatable bonds is 4. The fourth-order valence-electron chi connectivity index (χ4n) is 1.06. The number of nitrogens with zero attached hydrogens (tertiary/aromatic N) is 1. The molecule has 0 saturated carbocycles. The molecule has 0 unspecified atom stereocenters. The Morgan fingerprint density at radius 1 is 1.47 bits per heavy atom. The molecule has 0 spiro atoms. The average molecular weight is 277 g/mol. The SMILES string of the molecule is C=Cc1cccc(N[C-]=O)c1N=C.[CH3-].[Y]. The van der Waals surface area contributed by atoms with Crippen molar-refractivity contribution in [3.8, 4) is 0 Å². The van der Waals surface area contributed by atoms with E-state index in [0.717, 1.165) is 5.56 Å². The molecule has 0 heterocycles. The van der Waals surface area contributed by atoms with Gasteiger partial charge < -0.3 is 17.5 Å². The summed E-state index contributed by atoms with van der Waals surface area (Å²) < 4.78 is 0. The van der Waals surface area contributed by atoms with Crippen molar-refractivity contribution in [1.82, 2.24) is 0 Å². The molecule has 0 aliphatic rings. The predicted molar refractivity (Wildman–Crippen MR) is 61.5 cm³/mol. The first-order valence-electron chi connectivity index (χ1n) is 3.68. The Balaban J connectivity index is 0. The second-order valence-electron chi connectivity index (χ2n) is 2.33. The summed E-state index contributed by atoms with van der Waals surface area (Å²) in [5, 5.41) is 2.41. The molecular formula is C11H12N2OY-2. The van der Waals surface area contributed by atoms with E-state index in [4.69, 9.17) is 0 Å². The van der Waals surface area contributed by atoms with Crippen LogP contribution in [0.5, 0.6) is 0 Å². The van der Waals surface area contributed by atoms with E-state index in [-0.39, 0.29) is 40.1 Å². The Bertz CT molecular complexity index is 350. The van der Waals surface area contributed by atoms with Crippen LogP contribution in [0.1, 0.15) is 5.56 Å². The Morgan fingerprint density at radius 2 is 2.13 bits per heavy atom. The van der Waals surface area contributed by atoms with Gasteiger partial charge in [0.2, 0.25) is 0 Å². The molecule has 4 heteroatoms. The summed E-state index contributed by atoms with van der Waals surface area (Å²) in [4.78, 5) is 13.9. The van der Waals surface area contributed by atoms with E-state index in [1.807, 2.05) is 6.07 Å². The van der Waals surface area contributed by atoms with E-state index >= 15 is 0 Å². The summed E-state index contributed by atoms with van der Waals surface area (Å²) in [5.74, 6) is 0. The predicted octanol–water partition coefficient (Wildman–Crippen LogP) is 2.59. The van der Waals surface area contributed by atoms with E-state index in [0.29, 0.717) is 11.4 Å². The average Bonchev–Trinajstić information content (AvgIpc) is 2.18. The largest absolute Gasteiger partial charge is 0.488 e. The summed E-state index contributed by atoms with van der Waals surface area (Å²) in [6.45, 7) is 7.04. The fourth-order valence-corrected chi connectivity index (χ4v) is 1.06. The zero-order valence-electron chi connectivity index (χ0n) is 8.66. The second kappa shape index (κ2) is 8.51. The number of aliphatic imine (C=N–C) groups is 1. The molecule has 1 aromatic carbocycles. The maximum absolute atomic E-state index is 10.1. The van der Waals surface area contributed by atoms with Gasteiger partial charge in [-0.25, -0.2) is 0 Å². The zero-order chi connectivity index (χ0) is 9.68. The van der Waals surface area contributed by atoms with E-state index < -0.39 is 0 Å². The van der Waals surface area contributed by atoms with Crippen molar-refractivity contribution >= 4 is 30.6 Å². The van der Waals surface area contributed by atoms with Crippen molar-refractivity contribution in [2.24, 2.45) is 4.99 Å². The van der Waals surface area contributed by atoms with Crippen molar-refractivity contribution in [2.45, 2.75) is 0 Å². The minimum absolute atomic E-state index is 0. The molecule has 0 atom stereocenters. The zero-order valence-corrected chi connectivity index (χ0v) is 11.5. The Kier molecular flexibility index (Phi) is 9.43. The first kappa shape index (κ1) is 16.6. The molecule has 0 bridgehead atoms. The van der Waals surface area contributed by atoms with Crippen LogP contribution in [0.3, 0.4) is 0 Å². The first-order chi connectivity index (χ1) is 6.33. The van der Waals surface area contributed by atoms with Crippen molar-refractivity contribution < 1.29 is 37.5 Å². The Labute approximate surface area is 116 Å². The molecule has 0 saturated heterocycles. The standard InChI is InChI=1S/C10H9N2O.CH3.Y/c1-3-8-5-4-6-9(12-7-13)10(8)11-2;;/h3-6H,1-2H2,(H,12,13);1H3;/q2*-1;. The van der Waals surface area contributed by atoms with Gasteiger partial charge in [0.05, 0.1) is 6.41 Å². The van der Waals surface area contributed by atoms with Crippen molar-refractivity contribution in [2.75, 3.05) is 5.32 Å². The molecule has 15 heavy (non-hydrogen) atoms. The maximum atomic E-state index is 10.1. The number of benzene rings is 1. The topological polar surface area (TPSA) is 41.5 Å². The van der Waals surface area contributed by atoms with Gasteiger partial charge in [-0.3, -0.25) is 4.99 Å². The molecular weight excluding hydrogens is 265 g/mol. The molecule has 0 aliphatic heterocycles. The van der Waals surface area contributed by atoms with E-state index in [1.54, 1.807) is 24.6 Å². The maximum Gasteiger partial charge on any atom is 0.0693 e. The number of carbonyl (C=O) groups excluding carboxylic acids is 1. The smallest absolute Gasteiger partial charge is 0.0693 e. The molecule has 1 aromatic rings. The summed E-state index contributed by atoms with van der Waals surface area (Å²) in [6.07, 6.45) is 3.24. The quantitative estimate of drug-likeness (QED) is 0.513. The van der Waals surface area contributed by atoms with Gasteiger partial charge in [0.25, 0.3) is 0 Å². The molecule has 1 radical (unpaired) electrons. The Morgan fingerprint density at radius 3 is 2.60 bits per heavy atom. The second-order valence-corrected chi connectivity index (χ2v) is 2.33. The van der Waals surface area contributed by atoms with Gasteiger partial charge in [0.15, 0.2) is 0 Å². The van der Waals surface area contributed by atoms with Gasteiger partial charge in [-0.05, 0) is 12.3 Å². The summed E-state index contributed by atoms with van der Waals surface area (Å²) >= 11 is 0. The van der Waals surface area contributed by atoms with Crippen molar-refractivity contribution in [1.29, 1.82) is 0 Å². The van der Waals surface area contributed by atoms with Gasteiger partial charge in [-0.15, -0.1) is 6.07 Å². The van der Waals surface area contributed by atoms with Crippen LogP contribution in [0.4, 0.5) is 11.4 Å². The third kappa shape index (κ3) is 4.06. The Hall–Kier alpha value is -0.796. The van der Waals surface area contributed by atoms with Crippen LogP contribution in [0, 0.1) is 7.43 Å². The minimum Gasteiger partial charge on any atom is -0.488 e. The third-order valence-electron chi connectivity index (χ3n) is 1.63. The summed E-state index contributed by atoms with van der Waals surface area (Å²) in [5.41, 5.74) is 2.03. The number of hydrogen-bond donors (Lipinski definition) is 1. The number of para-hydroxylation sites is 1. The van der Waals surface area contributed by atoms with Gasteiger partial charge in [0, 0.05) is 38.4 Å². The van der Waals surface area contributed by atoms with Gasteiger partial charge >= 0.3 is 0 Å². The number of hydrogen-bond acceptors (Lipinski definition) is 2. The summed E-state index contributed by atoms with van der Waals surface area (Å²) in [6, 6.07) is 5.36. The normalized spacial score (nSPS) is 7.73. The number of nitrogens with one attached hydrogen (secondary N) is 1. The molecule has 1 rings (SSSR count). The third-order valence-corrected chi connectivity index (χ3v) is 1.63. The molecule has 1 amide bonds. The number of anilines is 1. The minimum atomic E-state index is 0. The van der Waals surface area contributed by atoms with Crippen LogP contribution >= 0.6 is 0 Å². The van der Waals surface area contributed by atoms with Gasteiger partial charge in [-0.1, -0.05) is 30.5 Å². The van der Waals surface area contributed by atoms with Crippen LogP contribution in [-0.2, 0) is 37.5 Å². The van der Waals surface area contributed by atoms with Crippen LogP contribution < -0.4 is 5.32 Å². The van der Waals surface area contributed by atoms with Gasteiger partial charge in [-0.2, -0.15) is 0 Å². The van der Waals surface area contributed by atoms with Gasteiger partial charge in [0.1, 0.15) is 0 Å². The first-order valence-corrected chi connectivity index (χ1v) is 3.68. The van der Waals surface area contributed by atoms with Crippen LogP contribution in [0.2, 0.25) is 0 Å². The van der Waals surface area contributed by atoms with Crippen molar-refractivity contribution in [3.63, 3.8) is 0 Å². The fraction of sp³-hybridized carbons (Fsp3) is 0. The van der Waals surface area contributed by atoms with Crippen LogP contribution in [-0.4, -0.2) is 13.1 Å². The monoisotopic (exact) mass is 277 g/mol. The molecule has 3 nitrogen and oxygen atoms in total. The summed E-state index contributed by atoms with van der Waals surface area (Å²) in [7, 11) is 0. The van der Waals surface area contributed by atoms with E-state index in [9.17, 15) is 4.79 Å². The molecule has 0 aromatic heterocycles. The van der Waals surface area contributed by atoms with Crippen LogP contribution in [0.25, 0.3) is 6.08 Å². The van der Waals surface area contributed by atoms with E-state index in [1.165, 1.54) is 0 Å². The molecule has 1 N–H and O–H groups in total. The molecule has 77 valence electrons. The van der Waals surface area contributed by atoms with E-state index in [2.05, 4.69) is 23.6 Å². The molecule has 0 aliphatic carbocycles. The molecule has 0 fully saturated rings.